The van der Waals surface area contributed by atoms with Gasteiger partial charge in [0.2, 0.25) is 0 Å². The van der Waals surface area contributed by atoms with Crippen molar-refractivity contribution in [3.05, 3.63) is 0 Å². The standard InChI is InChI=1S/C10H17NO4/c1-9(2,15-3)7(12)11-6-10(4-5-10)8(13)14/h4-6H2,1-3H3,(H,11,12)(H,13,14). The Bertz CT molecular complexity index is 281. The summed E-state index contributed by atoms with van der Waals surface area (Å²) in [4.78, 5) is 22.4. The lowest BCUT2D eigenvalue weighted by Gasteiger charge is -2.22. The smallest absolute Gasteiger partial charge is 0.311 e. The Morgan fingerprint density at radius 3 is 2.33 bits per heavy atom. The van der Waals surface area contributed by atoms with Gasteiger partial charge in [0.05, 0.1) is 5.41 Å². The van der Waals surface area contributed by atoms with Crippen LogP contribution in [0.4, 0.5) is 0 Å². The first-order valence-corrected chi connectivity index (χ1v) is 4.91. The first-order valence-electron chi connectivity index (χ1n) is 4.91. The molecule has 0 aromatic carbocycles. The molecule has 15 heavy (non-hydrogen) atoms. The van der Waals surface area contributed by atoms with Gasteiger partial charge in [-0.05, 0) is 26.7 Å². The molecule has 1 aliphatic carbocycles. The summed E-state index contributed by atoms with van der Waals surface area (Å²) in [6.07, 6.45) is 1.27. The van der Waals surface area contributed by atoms with Gasteiger partial charge in [-0.15, -0.1) is 0 Å². The molecule has 1 rings (SSSR count). The van der Waals surface area contributed by atoms with E-state index in [9.17, 15) is 9.59 Å². The second kappa shape index (κ2) is 3.81. The van der Waals surface area contributed by atoms with Crippen LogP contribution in [0.2, 0.25) is 0 Å². The number of hydrogen-bond donors (Lipinski definition) is 2. The zero-order valence-electron chi connectivity index (χ0n) is 9.29. The third-order valence-electron chi connectivity index (χ3n) is 2.95. The average Bonchev–Trinajstić information content (AvgIpc) is 2.95. The van der Waals surface area contributed by atoms with Crippen LogP contribution in [0.25, 0.3) is 0 Å². The summed E-state index contributed by atoms with van der Waals surface area (Å²) < 4.78 is 4.99. The molecule has 0 saturated heterocycles. The molecule has 0 unspecified atom stereocenters. The van der Waals surface area contributed by atoms with Gasteiger partial charge in [-0.25, -0.2) is 0 Å². The van der Waals surface area contributed by atoms with Crippen LogP contribution in [0.15, 0.2) is 0 Å². The summed E-state index contributed by atoms with van der Waals surface area (Å²) in [6, 6.07) is 0. The van der Waals surface area contributed by atoms with E-state index in [1.165, 1.54) is 7.11 Å². The molecule has 2 N–H and O–H groups in total. The van der Waals surface area contributed by atoms with Crippen molar-refractivity contribution >= 4 is 11.9 Å². The molecule has 0 bridgehead atoms. The van der Waals surface area contributed by atoms with Crippen molar-refractivity contribution in [2.75, 3.05) is 13.7 Å². The van der Waals surface area contributed by atoms with Gasteiger partial charge in [-0.1, -0.05) is 0 Å². The Morgan fingerprint density at radius 2 is 2.00 bits per heavy atom. The van der Waals surface area contributed by atoms with E-state index in [1.807, 2.05) is 0 Å². The number of ether oxygens (including phenoxy) is 1. The van der Waals surface area contributed by atoms with Crippen LogP contribution >= 0.6 is 0 Å². The van der Waals surface area contributed by atoms with Gasteiger partial charge in [-0.3, -0.25) is 9.59 Å². The van der Waals surface area contributed by atoms with E-state index in [-0.39, 0.29) is 12.5 Å². The Balaban J connectivity index is 2.45. The molecule has 1 saturated carbocycles. The van der Waals surface area contributed by atoms with Crippen LogP contribution in [-0.2, 0) is 14.3 Å². The van der Waals surface area contributed by atoms with Crippen molar-refractivity contribution in [3.63, 3.8) is 0 Å². The summed E-state index contributed by atoms with van der Waals surface area (Å²) in [5.41, 5.74) is -1.63. The molecule has 0 aliphatic heterocycles. The lowest BCUT2D eigenvalue weighted by molar-refractivity contribution is -0.144. The van der Waals surface area contributed by atoms with Crippen LogP contribution in [0.3, 0.4) is 0 Å². The number of amides is 1. The second-order valence-corrected chi connectivity index (χ2v) is 4.48. The molecule has 0 heterocycles. The number of carboxylic acids is 1. The van der Waals surface area contributed by atoms with Gasteiger partial charge >= 0.3 is 5.97 Å². The van der Waals surface area contributed by atoms with Crippen molar-refractivity contribution in [2.24, 2.45) is 5.41 Å². The van der Waals surface area contributed by atoms with E-state index in [2.05, 4.69) is 5.32 Å². The monoisotopic (exact) mass is 215 g/mol. The molecule has 5 heteroatoms. The molecule has 1 aliphatic rings. The Morgan fingerprint density at radius 1 is 1.47 bits per heavy atom. The van der Waals surface area contributed by atoms with Gasteiger partial charge in [0, 0.05) is 13.7 Å². The van der Waals surface area contributed by atoms with Gasteiger partial charge in [-0.2, -0.15) is 0 Å². The highest BCUT2D eigenvalue weighted by Gasteiger charge is 2.50. The van der Waals surface area contributed by atoms with Crippen LogP contribution in [-0.4, -0.2) is 36.2 Å². The largest absolute Gasteiger partial charge is 0.481 e. The Labute approximate surface area is 88.8 Å². The minimum Gasteiger partial charge on any atom is -0.481 e. The maximum atomic E-state index is 11.6. The van der Waals surface area contributed by atoms with Crippen LogP contribution < -0.4 is 5.32 Å². The molecule has 0 spiro atoms. The molecule has 0 aromatic rings. The topological polar surface area (TPSA) is 75.6 Å². The highest BCUT2D eigenvalue weighted by atomic mass is 16.5. The predicted octanol–water partition coefficient (Wildman–Crippen LogP) is 0.392. The zero-order valence-corrected chi connectivity index (χ0v) is 9.29. The maximum absolute atomic E-state index is 11.6. The third kappa shape index (κ3) is 2.47. The molecule has 0 radical (unpaired) electrons. The fraction of sp³-hybridized carbons (Fsp3) is 0.800. The second-order valence-electron chi connectivity index (χ2n) is 4.48. The van der Waals surface area contributed by atoms with Crippen LogP contribution in [0.1, 0.15) is 26.7 Å². The molecule has 0 atom stereocenters. The zero-order chi connectivity index (χ0) is 11.7. The number of nitrogens with one attached hydrogen (secondary N) is 1. The van der Waals surface area contributed by atoms with Gasteiger partial charge in [0.25, 0.3) is 5.91 Å². The van der Waals surface area contributed by atoms with E-state index in [4.69, 9.17) is 9.84 Å². The normalized spacial score (nSPS) is 18.3. The van der Waals surface area contributed by atoms with Crippen molar-refractivity contribution in [3.8, 4) is 0 Å². The number of aliphatic carboxylic acids is 1. The summed E-state index contributed by atoms with van der Waals surface area (Å²) in [5.74, 6) is -1.12. The number of rotatable bonds is 5. The average molecular weight is 215 g/mol. The molecule has 1 amide bonds. The molecule has 86 valence electrons. The van der Waals surface area contributed by atoms with Crippen molar-refractivity contribution < 1.29 is 19.4 Å². The number of methoxy groups -OCH3 is 1. The van der Waals surface area contributed by atoms with E-state index < -0.39 is 17.0 Å². The number of carbonyl (C=O) groups is 2. The highest BCUT2D eigenvalue weighted by Crippen LogP contribution is 2.45. The number of hydrogen-bond acceptors (Lipinski definition) is 3. The van der Waals surface area contributed by atoms with E-state index >= 15 is 0 Å². The first kappa shape index (κ1) is 12.0. The molecule has 0 aromatic heterocycles. The van der Waals surface area contributed by atoms with Crippen LogP contribution in [0.5, 0.6) is 0 Å². The van der Waals surface area contributed by atoms with Crippen molar-refractivity contribution in [2.45, 2.75) is 32.3 Å². The van der Waals surface area contributed by atoms with Crippen molar-refractivity contribution in [1.29, 1.82) is 0 Å². The fourth-order valence-corrected chi connectivity index (χ4v) is 1.17. The number of carbonyl (C=O) groups excluding carboxylic acids is 1. The minimum absolute atomic E-state index is 0.188. The summed E-state index contributed by atoms with van der Waals surface area (Å²) >= 11 is 0. The van der Waals surface area contributed by atoms with Gasteiger partial charge in [0.15, 0.2) is 0 Å². The minimum atomic E-state index is -0.908. The summed E-state index contributed by atoms with van der Waals surface area (Å²) in [5, 5.41) is 11.5. The number of carboxylic acid groups (broad SMARTS) is 1. The quantitative estimate of drug-likeness (QED) is 0.695. The van der Waals surface area contributed by atoms with Crippen LogP contribution in [0, 0.1) is 5.41 Å². The van der Waals surface area contributed by atoms with E-state index in [0.29, 0.717) is 12.8 Å². The van der Waals surface area contributed by atoms with E-state index in [1.54, 1.807) is 13.8 Å². The van der Waals surface area contributed by atoms with E-state index in [0.717, 1.165) is 0 Å². The molecular weight excluding hydrogens is 198 g/mol. The van der Waals surface area contributed by atoms with Gasteiger partial charge in [0.1, 0.15) is 5.60 Å². The van der Waals surface area contributed by atoms with Crippen molar-refractivity contribution in [1.82, 2.24) is 5.32 Å². The highest BCUT2D eigenvalue weighted by molar-refractivity contribution is 5.85. The lowest BCUT2D eigenvalue weighted by Crippen LogP contribution is -2.46. The SMILES string of the molecule is COC(C)(C)C(=O)NCC1(C(=O)O)CC1. The molecule has 5 nitrogen and oxygen atoms in total. The Hall–Kier alpha value is -1.10. The summed E-state index contributed by atoms with van der Waals surface area (Å²) in [6.45, 7) is 3.47. The third-order valence-corrected chi connectivity index (χ3v) is 2.95. The lowest BCUT2D eigenvalue weighted by atomic mass is 10.1. The summed E-state index contributed by atoms with van der Waals surface area (Å²) in [7, 11) is 1.45. The maximum Gasteiger partial charge on any atom is 0.311 e. The Kier molecular flexibility index (Phi) is 3.04. The molecular formula is C10H17NO4. The predicted molar refractivity (Wildman–Crippen MR) is 53.4 cm³/mol. The first-order chi connectivity index (χ1) is 6.84. The fourth-order valence-electron chi connectivity index (χ4n) is 1.17. The molecule has 1 fully saturated rings. The van der Waals surface area contributed by atoms with Gasteiger partial charge < -0.3 is 15.2 Å².